The zero-order valence-electron chi connectivity index (χ0n) is 16.5. The van der Waals surface area contributed by atoms with Crippen molar-refractivity contribution in [2.45, 2.75) is 64.8 Å². The van der Waals surface area contributed by atoms with Gasteiger partial charge in [-0.15, -0.1) is 0 Å². The standard InChI is InChI=1S/C21H28O6/c1-12(2)26-19(23)17-15(22)11-21(5,25)18(20(24)27-13(3)4)16(17)14-9-7-6-8-10-14/h6-10,12-13,16-18,25H,11H2,1-5H3/t16-,17+,18+,21-/m0/s1. The molecule has 1 N–H and O–H groups in total. The summed E-state index contributed by atoms with van der Waals surface area (Å²) in [6.45, 7) is 8.26. The highest BCUT2D eigenvalue weighted by molar-refractivity contribution is 6.02. The van der Waals surface area contributed by atoms with E-state index in [9.17, 15) is 19.5 Å². The second kappa shape index (κ2) is 8.21. The summed E-state index contributed by atoms with van der Waals surface area (Å²) in [7, 11) is 0. The Morgan fingerprint density at radius 2 is 1.56 bits per heavy atom. The molecule has 1 saturated carbocycles. The highest BCUT2D eigenvalue weighted by Crippen LogP contribution is 2.46. The summed E-state index contributed by atoms with van der Waals surface area (Å²) in [5.74, 6) is -4.84. The molecule has 2 rings (SSSR count). The lowest BCUT2D eigenvalue weighted by Crippen LogP contribution is -2.55. The molecule has 0 saturated heterocycles. The van der Waals surface area contributed by atoms with Crippen LogP contribution in [-0.2, 0) is 23.9 Å². The average molecular weight is 376 g/mol. The normalized spacial score (nSPS) is 28.3. The van der Waals surface area contributed by atoms with Crippen LogP contribution >= 0.6 is 0 Å². The van der Waals surface area contributed by atoms with Crippen LogP contribution < -0.4 is 0 Å². The van der Waals surface area contributed by atoms with Crippen LogP contribution in [0.25, 0.3) is 0 Å². The summed E-state index contributed by atoms with van der Waals surface area (Å²) < 4.78 is 10.7. The number of ether oxygens (including phenoxy) is 2. The molecule has 1 aliphatic carbocycles. The first-order valence-corrected chi connectivity index (χ1v) is 9.25. The van der Waals surface area contributed by atoms with E-state index in [0.717, 1.165) is 0 Å². The van der Waals surface area contributed by atoms with E-state index in [0.29, 0.717) is 5.56 Å². The van der Waals surface area contributed by atoms with E-state index in [1.54, 1.807) is 58.0 Å². The van der Waals surface area contributed by atoms with Gasteiger partial charge in [0.25, 0.3) is 0 Å². The minimum Gasteiger partial charge on any atom is -0.463 e. The summed E-state index contributed by atoms with van der Waals surface area (Å²) in [5.41, 5.74) is -1.01. The first kappa shape index (κ1) is 21.1. The Bertz CT molecular complexity index is 684. The maximum atomic E-state index is 12.9. The molecule has 6 nitrogen and oxygen atoms in total. The fraction of sp³-hybridized carbons (Fsp3) is 0.571. The molecule has 0 aromatic heterocycles. The SMILES string of the molecule is CC(C)OC(=O)[C@@H]1C(=O)C[C@](C)(O)[C@@H](C(=O)OC(C)C)[C@H]1c1ccccc1. The Morgan fingerprint density at radius 3 is 2.07 bits per heavy atom. The van der Waals surface area contributed by atoms with Crippen LogP contribution in [0.1, 0.15) is 52.5 Å². The molecule has 1 fully saturated rings. The molecule has 4 atom stereocenters. The Hall–Kier alpha value is -2.21. The van der Waals surface area contributed by atoms with E-state index < -0.39 is 47.2 Å². The van der Waals surface area contributed by atoms with Crippen LogP contribution in [0.4, 0.5) is 0 Å². The van der Waals surface area contributed by atoms with E-state index in [1.165, 1.54) is 6.92 Å². The van der Waals surface area contributed by atoms with Gasteiger partial charge in [0.1, 0.15) is 5.92 Å². The molecule has 1 aromatic rings. The lowest BCUT2D eigenvalue weighted by atomic mass is 9.61. The number of hydrogen-bond acceptors (Lipinski definition) is 6. The molecule has 0 spiro atoms. The van der Waals surface area contributed by atoms with Gasteiger partial charge in [0, 0.05) is 12.3 Å². The Balaban J connectivity index is 2.57. The van der Waals surface area contributed by atoms with Gasteiger partial charge in [-0.1, -0.05) is 30.3 Å². The summed E-state index contributed by atoms with van der Waals surface area (Å²) >= 11 is 0. The smallest absolute Gasteiger partial charge is 0.317 e. The maximum absolute atomic E-state index is 12.9. The molecule has 1 aliphatic rings. The molecule has 0 bridgehead atoms. The van der Waals surface area contributed by atoms with Crippen LogP contribution in [-0.4, -0.2) is 40.6 Å². The van der Waals surface area contributed by atoms with Gasteiger partial charge < -0.3 is 14.6 Å². The molecule has 0 radical (unpaired) electrons. The second-order valence-electron chi connectivity index (χ2n) is 7.86. The molecule has 0 heterocycles. The minimum absolute atomic E-state index is 0.313. The van der Waals surface area contributed by atoms with Gasteiger partial charge in [-0.25, -0.2) is 0 Å². The average Bonchev–Trinajstić information content (AvgIpc) is 2.52. The van der Waals surface area contributed by atoms with Gasteiger partial charge in [-0.2, -0.15) is 0 Å². The molecule has 1 aromatic carbocycles. The first-order valence-electron chi connectivity index (χ1n) is 9.25. The predicted molar refractivity (Wildman–Crippen MR) is 98.9 cm³/mol. The fourth-order valence-corrected chi connectivity index (χ4v) is 3.70. The minimum atomic E-state index is -1.63. The third-order valence-corrected chi connectivity index (χ3v) is 4.66. The molecule has 6 heteroatoms. The largest absolute Gasteiger partial charge is 0.463 e. The van der Waals surface area contributed by atoms with Gasteiger partial charge in [0.2, 0.25) is 0 Å². The Labute approximate surface area is 159 Å². The fourth-order valence-electron chi connectivity index (χ4n) is 3.70. The van der Waals surface area contributed by atoms with Crippen molar-refractivity contribution < 1.29 is 29.0 Å². The zero-order valence-corrected chi connectivity index (χ0v) is 16.5. The van der Waals surface area contributed by atoms with Crippen LogP contribution in [0, 0.1) is 11.8 Å². The van der Waals surface area contributed by atoms with Crippen molar-refractivity contribution in [1.82, 2.24) is 0 Å². The van der Waals surface area contributed by atoms with Crippen LogP contribution in [0.2, 0.25) is 0 Å². The number of carbonyl (C=O) groups is 3. The van der Waals surface area contributed by atoms with E-state index in [4.69, 9.17) is 9.47 Å². The van der Waals surface area contributed by atoms with E-state index in [-0.39, 0.29) is 12.5 Å². The number of Topliss-reactive ketones (excluding diaryl/α,β-unsaturated/α-hetero) is 1. The van der Waals surface area contributed by atoms with Crippen molar-refractivity contribution in [3.8, 4) is 0 Å². The molecular formula is C21H28O6. The number of esters is 2. The molecule has 148 valence electrons. The van der Waals surface area contributed by atoms with Crippen molar-refractivity contribution in [2.24, 2.45) is 11.8 Å². The lowest BCUT2D eigenvalue weighted by Gasteiger charge is -2.44. The Kier molecular flexibility index (Phi) is 6.42. The third-order valence-electron chi connectivity index (χ3n) is 4.66. The third kappa shape index (κ3) is 4.75. The van der Waals surface area contributed by atoms with Gasteiger partial charge in [0.05, 0.1) is 23.7 Å². The summed E-state index contributed by atoms with van der Waals surface area (Å²) in [4.78, 5) is 38.4. The van der Waals surface area contributed by atoms with Crippen molar-refractivity contribution in [3.05, 3.63) is 35.9 Å². The van der Waals surface area contributed by atoms with Gasteiger partial charge in [-0.05, 0) is 40.2 Å². The molecule has 0 aliphatic heterocycles. The topological polar surface area (TPSA) is 89.9 Å². The quantitative estimate of drug-likeness (QED) is 0.628. The van der Waals surface area contributed by atoms with E-state index in [2.05, 4.69) is 0 Å². The molecular weight excluding hydrogens is 348 g/mol. The van der Waals surface area contributed by atoms with E-state index in [1.807, 2.05) is 0 Å². The number of hydrogen-bond donors (Lipinski definition) is 1. The van der Waals surface area contributed by atoms with Gasteiger partial charge in [-0.3, -0.25) is 14.4 Å². The van der Waals surface area contributed by atoms with E-state index >= 15 is 0 Å². The monoisotopic (exact) mass is 376 g/mol. The molecule has 27 heavy (non-hydrogen) atoms. The maximum Gasteiger partial charge on any atom is 0.317 e. The zero-order chi connectivity index (χ0) is 20.4. The number of carbonyl (C=O) groups excluding carboxylic acids is 3. The highest BCUT2D eigenvalue weighted by atomic mass is 16.5. The number of benzene rings is 1. The molecule has 0 amide bonds. The van der Waals surface area contributed by atoms with Crippen molar-refractivity contribution >= 4 is 17.7 Å². The predicted octanol–water partition coefficient (Wildman–Crippen LogP) is 2.63. The van der Waals surface area contributed by atoms with Crippen molar-refractivity contribution in [2.75, 3.05) is 0 Å². The summed E-state index contributed by atoms with van der Waals surface area (Å²) in [6, 6.07) is 8.81. The number of aliphatic hydroxyl groups is 1. The van der Waals surface area contributed by atoms with Crippen molar-refractivity contribution in [3.63, 3.8) is 0 Å². The molecule has 0 unspecified atom stereocenters. The highest BCUT2D eigenvalue weighted by Gasteiger charge is 2.57. The van der Waals surface area contributed by atoms with Gasteiger partial charge in [0.15, 0.2) is 5.78 Å². The van der Waals surface area contributed by atoms with Crippen LogP contribution in [0.15, 0.2) is 30.3 Å². The number of ketones is 1. The number of rotatable bonds is 5. The Morgan fingerprint density at radius 1 is 1.04 bits per heavy atom. The summed E-state index contributed by atoms with van der Waals surface area (Å²) in [6.07, 6.45) is -1.10. The van der Waals surface area contributed by atoms with Gasteiger partial charge >= 0.3 is 11.9 Å². The van der Waals surface area contributed by atoms with Crippen LogP contribution in [0.3, 0.4) is 0 Å². The lowest BCUT2D eigenvalue weighted by molar-refractivity contribution is -0.176. The summed E-state index contributed by atoms with van der Waals surface area (Å²) in [5, 5.41) is 10.9. The second-order valence-corrected chi connectivity index (χ2v) is 7.86. The van der Waals surface area contributed by atoms with Crippen LogP contribution in [0.5, 0.6) is 0 Å². The first-order chi connectivity index (χ1) is 12.5. The van der Waals surface area contributed by atoms with Crippen molar-refractivity contribution in [1.29, 1.82) is 0 Å².